The van der Waals surface area contributed by atoms with Crippen LogP contribution in [0, 0.1) is 5.92 Å². The Kier molecular flexibility index (Phi) is 3.57. The molecule has 0 aliphatic heterocycles. The molecule has 20 heavy (non-hydrogen) atoms. The van der Waals surface area contributed by atoms with Gasteiger partial charge in [0.25, 0.3) is 0 Å². The molecular formula is C16H21N3O. The molecule has 0 saturated heterocycles. The second-order valence-corrected chi connectivity index (χ2v) is 6.10. The van der Waals surface area contributed by atoms with Crippen LogP contribution in [0.2, 0.25) is 0 Å². The van der Waals surface area contributed by atoms with Crippen molar-refractivity contribution in [1.82, 2.24) is 10.1 Å². The van der Waals surface area contributed by atoms with Crippen molar-refractivity contribution in [1.29, 1.82) is 0 Å². The van der Waals surface area contributed by atoms with Crippen molar-refractivity contribution in [3.8, 4) is 0 Å². The fourth-order valence-corrected chi connectivity index (χ4v) is 2.91. The second-order valence-electron chi connectivity index (χ2n) is 6.10. The van der Waals surface area contributed by atoms with Crippen molar-refractivity contribution < 1.29 is 4.52 Å². The van der Waals surface area contributed by atoms with Gasteiger partial charge in [0.05, 0.1) is 6.04 Å². The average Bonchev–Trinajstić information content (AvgIpc) is 3.04. The van der Waals surface area contributed by atoms with Gasteiger partial charge in [0.15, 0.2) is 5.82 Å². The summed E-state index contributed by atoms with van der Waals surface area (Å²) in [5.74, 6) is 2.23. The monoisotopic (exact) mass is 271 g/mol. The number of hydrogen-bond donors (Lipinski definition) is 1. The average molecular weight is 271 g/mol. The van der Waals surface area contributed by atoms with Gasteiger partial charge in [0, 0.05) is 5.92 Å². The van der Waals surface area contributed by atoms with Crippen LogP contribution in [0.3, 0.4) is 0 Å². The van der Waals surface area contributed by atoms with E-state index in [1.807, 2.05) is 0 Å². The smallest absolute Gasteiger partial charge is 0.243 e. The molecular weight excluding hydrogens is 250 g/mol. The Labute approximate surface area is 119 Å². The normalized spacial score (nSPS) is 16.6. The summed E-state index contributed by atoms with van der Waals surface area (Å²) in [5.41, 5.74) is 8.89. The molecule has 2 aromatic rings. The molecule has 4 nitrogen and oxygen atoms in total. The maximum atomic E-state index is 6.10. The molecule has 0 bridgehead atoms. The summed E-state index contributed by atoms with van der Waals surface area (Å²) in [5, 5.41) is 4.14. The van der Waals surface area contributed by atoms with Gasteiger partial charge in [-0.15, -0.1) is 0 Å². The molecule has 2 N–H and O–H groups in total. The van der Waals surface area contributed by atoms with Gasteiger partial charge in [-0.05, 0) is 36.3 Å². The van der Waals surface area contributed by atoms with Gasteiger partial charge < -0.3 is 10.3 Å². The fraction of sp³-hybridized carbons (Fsp3) is 0.500. The Morgan fingerprint density at radius 1 is 1.25 bits per heavy atom. The molecule has 1 unspecified atom stereocenters. The number of hydrogen-bond acceptors (Lipinski definition) is 4. The molecule has 0 spiro atoms. The van der Waals surface area contributed by atoms with E-state index in [0.717, 1.165) is 25.1 Å². The van der Waals surface area contributed by atoms with Gasteiger partial charge in [-0.25, -0.2) is 0 Å². The lowest BCUT2D eigenvalue weighted by Crippen LogP contribution is -2.13. The minimum Gasteiger partial charge on any atom is -0.338 e. The van der Waals surface area contributed by atoms with Crippen LogP contribution < -0.4 is 5.73 Å². The summed E-state index contributed by atoms with van der Waals surface area (Å²) in [7, 11) is 0. The summed E-state index contributed by atoms with van der Waals surface area (Å²) in [4.78, 5) is 4.53. The molecule has 3 rings (SSSR count). The summed E-state index contributed by atoms with van der Waals surface area (Å²) >= 11 is 0. The number of nitrogens with two attached hydrogens (primary N) is 1. The van der Waals surface area contributed by atoms with E-state index in [9.17, 15) is 0 Å². The van der Waals surface area contributed by atoms with Crippen molar-refractivity contribution in [3.63, 3.8) is 0 Å². The highest BCUT2D eigenvalue weighted by Gasteiger charge is 2.27. The zero-order chi connectivity index (χ0) is 14.1. The quantitative estimate of drug-likeness (QED) is 0.928. The first-order valence-corrected chi connectivity index (χ1v) is 7.29. The van der Waals surface area contributed by atoms with E-state index >= 15 is 0 Å². The third-order valence-electron chi connectivity index (χ3n) is 3.92. The van der Waals surface area contributed by atoms with Crippen molar-refractivity contribution in [2.45, 2.75) is 45.1 Å². The lowest BCUT2D eigenvalue weighted by Gasteiger charge is -2.08. The van der Waals surface area contributed by atoms with Gasteiger partial charge in [-0.1, -0.05) is 43.3 Å². The molecule has 1 aliphatic rings. The van der Waals surface area contributed by atoms with E-state index in [4.69, 9.17) is 10.3 Å². The largest absolute Gasteiger partial charge is 0.338 e. The number of benzene rings is 1. The number of aromatic nitrogens is 2. The van der Waals surface area contributed by atoms with Gasteiger partial charge in [0.1, 0.15) is 0 Å². The number of fused-ring (bicyclic) bond motifs is 1. The van der Waals surface area contributed by atoms with Crippen molar-refractivity contribution in [3.05, 3.63) is 47.1 Å². The van der Waals surface area contributed by atoms with Crippen LogP contribution in [-0.4, -0.2) is 10.1 Å². The highest BCUT2D eigenvalue weighted by molar-refractivity contribution is 5.34. The minimum atomic E-state index is -0.153. The standard InChI is InChI=1S/C16H21N3O/c1-10(2)7-14(17)16-18-15(19-20-16)13-8-11-5-3-4-6-12(11)9-13/h3-6,10,13-14H,7-9,17H2,1-2H3. The molecule has 1 atom stereocenters. The third kappa shape index (κ3) is 2.61. The summed E-state index contributed by atoms with van der Waals surface area (Å²) < 4.78 is 5.35. The van der Waals surface area contributed by atoms with Crippen LogP contribution in [0.5, 0.6) is 0 Å². The van der Waals surface area contributed by atoms with Gasteiger partial charge in [-0.2, -0.15) is 4.98 Å². The molecule has 0 amide bonds. The first-order valence-electron chi connectivity index (χ1n) is 7.29. The lowest BCUT2D eigenvalue weighted by atomic mass is 10.0. The Bertz CT molecular complexity index is 566. The number of rotatable bonds is 4. The molecule has 0 saturated carbocycles. The lowest BCUT2D eigenvalue weighted by molar-refractivity contribution is 0.331. The van der Waals surface area contributed by atoms with Crippen molar-refractivity contribution in [2.24, 2.45) is 11.7 Å². The first kappa shape index (κ1) is 13.3. The van der Waals surface area contributed by atoms with E-state index in [0.29, 0.717) is 17.7 Å². The Hall–Kier alpha value is -1.68. The van der Waals surface area contributed by atoms with Crippen LogP contribution in [0.25, 0.3) is 0 Å². The molecule has 1 aromatic carbocycles. The zero-order valence-electron chi connectivity index (χ0n) is 12.0. The van der Waals surface area contributed by atoms with Gasteiger partial charge in [0.2, 0.25) is 5.89 Å². The highest BCUT2D eigenvalue weighted by atomic mass is 16.5. The maximum Gasteiger partial charge on any atom is 0.243 e. The predicted molar refractivity (Wildman–Crippen MR) is 77.3 cm³/mol. The first-order chi connectivity index (χ1) is 9.63. The van der Waals surface area contributed by atoms with Crippen LogP contribution in [0.1, 0.15) is 55.1 Å². The van der Waals surface area contributed by atoms with E-state index < -0.39 is 0 Å². The number of nitrogens with zero attached hydrogens (tertiary/aromatic N) is 2. The van der Waals surface area contributed by atoms with Crippen LogP contribution in [-0.2, 0) is 12.8 Å². The van der Waals surface area contributed by atoms with E-state index in [1.165, 1.54) is 11.1 Å². The predicted octanol–water partition coefficient (Wildman–Crippen LogP) is 3.00. The molecule has 0 radical (unpaired) electrons. The molecule has 0 fully saturated rings. The maximum absolute atomic E-state index is 6.10. The van der Waals surface area contributed by atoms with Crippen LogP contribution >= 0.6 is 0 Å². The molecule has 1 heterocycles. The van der Waals surface area contributed by atoms with Gasteiger partial charge >= 0.3 is 0 Å². The summed E-state index contributed by atoms with van der Waals surface area (Å²) in [6, 6.07) is 8.38. The minimum absolute atomic E-state index is 0.153. The summed E-state index contributed by atoms with van der Waals surface area (Å²) in [6.07, 6.45) is 2.86. The SMILES string of the molecule is CC(C)CC(N)c1nc(C2Cc3ccccc3C2)no1. The van der Waals surface area contributed by atoms with E-state index in [1.54, 1.807) is 0 Å². The van der Waals surface area contributed by atoms with Crippen LogP contribution in [0.4, 0.5) is 0 Å². The van der Waals surface area contributed by atoms with Crippen molar-refractivity contribution >= 4 is 0 Å². The Morgan fingerprint density at radius 2 is 1.90 bits per heavy atom. The highest BCUT2D eigenvalue weighted by Crippen LogP contribution is 2.32. The topological polar surface area (TPSA) is 64.9 Å². The zero-order valence-corrected chi connectivity index (χ0v) is 12.0. The van der Waals surface area contributed by atoms with Crippen molar-refractivity contribution in [2.75, 3.05) is 0 Å². The van der Waals surface area contributed by atoms with E-state index in [2.05, 4.69) is 48.3 Å². The molecule has 1 aliphatic carbocycles. The molecule has 1 aromatic heterocycles. The van der Waals surface area contributed by atoms with E-state index in [-0.39, 0.29) is 6.04 Å². The molecule has 106 valence electrons. The third-order valence-corrected chi connectivity index (χ3v) is 3.92. The van der Waals surface area contributed by atoms with Gasteiger partial charge in [-0.3, -0.25) is 0 Å². The van der Waals surface area contributed by atoms with Crippen LogP contribution in [0.15, 0.2) is 28.8 Å². The Morgan fingerprint density at radius 3 is 2.50 bits per heavy atom. The second kappa shape index (κ2) is 5.37. The molecule has 4 heteroatoms. The summed E-state index contributed by atoms with van der Waals surface area (Å²) in [6.45, 7) is 4.29. The fourth-order valence-electron chi connectivity index (χ4n) is 2.91. The Balaban J connectivity index is 1.73.